The summed E-state index contributed by atoms with van der Waals surface area (Å²) in [5, 5.41) is 14.0. The van der Waals surface area contributed by atoms with E-state index in [1.807, 2.05) is 6.92 Å². The standard InChI is InChI=1S/C20H21FN2O4/c1-3-12(2)17(23-18(24)13-7-5-4-6-8-13)19(25)22-16-10-9-14(20(26)27)11-15(16)21/h4-12,17H,3H2,1-2H3,(H,22,25)(H,23,24)(H,26,27). The highest BCUT2D eigenvalue weighted by atomic mass is 19.1. The van der Waals surface area contributed by atoms with Crippen molar-refractivity contribution < 1.29 is 23.9 Å². The molecule has 0 radical (unpaired) electrons. The topological polar surface area (TPSA) is 95.5 Å². The lowest BCUT2D eigenvalue weighted by molar-refractivity contribution is -0.119. The van der Waals surface area contributed by atoms with Crippen LogP contribution in [0.3, 0.4) is 0 Å². The van der Waals surface area contributed by atoms with Gasteiger partial charge in [0.05, 0.1) is 11.3 Å². The van der Waals surface area contributed by atoms with E-state index in [2.05, 4.69) is 10.6 Å². The maximum absolute atomic E-state index is 14.1. The van der Waals surface area contributed by atoms with Gasteiger partial charge >= 0.3 is 5.97 Å². The summed E-state index contributed by atoms with van der Waals surface area (Å²) in [6, 6.07) is 10.8. The highest BCUT2D eigenvalue weighted by Crippen LogP contribution is 2.18. The van der Waals surface area contributed by atoms with Crippen molar-refractivity contribution in [3.63, 3.8) is 0 Å². The average molecular weight is 372 g/mol. The van der Waals surface area contributed by atoms with Crippen LogP contribution in [-0.4, -0.2) is 28.9 Å². The first-order valence-corrected chi connectivity index (χ1v) is 8.53. The zero-order valence-corrected chi connectivity index (χ0v) is 15.0. The van der Waals surface area contributed by atoms with Crippen LogP contribution in [0.15, 0.2) is 48.5 Å². The highest BCUT2D eigenvalue weighted by Gasteiger charge is 2.27. The number of nitrogens with one attached hydrogen (secondary N) is 2. The van der Waals surface area contributed by atoms with E-state index in [1.54, 1.807) is 37.3 Å². The van der Waals surface area contributed by atoms with Crippen molar-refractivity contribution in [2.75, 3.05) is 5.32 Å². The van der Waals surface area contributed by atoms with Crippen LogP contribution in [-0.2, 0) is 4.79 Å². The number of hydrogen-bond donors (Lipinski definition) is 3. The van der Waals surface area contributed by atoms with Crippen molar-refractivity contribution in [3.05, 3.63) is 65.5 Å². The number of carbonyl (C=O) groups excluding carboxylic acids is 2. The smallest absolute Gasteiger partial charge is 0.335 e. The Morgan fingerprint density at radius 3 is 2.30 bits per heavy atom. The SMILES string of the molecule is CCC(C)C(NC(=O)c1ccccc1)C(=O)Nc1ccc(C(=O)O)cc1F. The first-order valence-electron chi connectivity index (χ1n) is 8.53. The molecule has 0 spiro atoms. The molecule has 2 aromatic carbocycles. The summed E-state index contributed by atoms with van der Waals surface area (Å²) in [6.45, 7) is 3.68. The van der Waals surface area contributed by atoms with E-state index in [0.717, 1.165) is 6.07 Å². The third-order valence-corrected chi connectivity index (χ3v) is 4.29. The van der Waals surface area contributed by atoms with E-state index in [-0.39, 0.29) is 17.2 Å². The van der Waals surface area contributed by atoms with Crippen LogP contribution in [0.2, 0.25) is 0 Å². The molecule has 0 heterocycles. The zero-order valence-electron chi connectivity index (χ0n) is 15.0. The molecule has 0 fully saturated rings. The first-order chi connectivity index (χ1) is 12.8. The highest BCUT2D eigenvalue weighted by molar-refractivity contribution is 6.01. The number of aromatic carboxylic acids is 1. The molecule has 2 atom stereocenters. The van der Waals surface area contributed by atoms with Gasteiger partial charge in [0.2, 0.25) is 5.91 Å². The van der Waals surface area contributed by atoms with Crippen LogP contribution in [0.5, 0.6) is 0 Å². The monoisotopic (exact) mass is 372 g/mol. The largest absolute Gasteiger partial charge is 0.478 e. The minimum Gasteiger partial charge on any atom is -0.478 e. The fourth-order valence-corrected chi connectivity index (χ4v) is 2.48. The molecule has 0 aliphatic rings. The summed E-state index contributed by atoms with van der Waals surface area (Å²) in [5.74, 6) is -3.30. The second-order valence-electron chi connectivity index (χ2n) is 6.19. The maximum atomic E-state index is 14.1. The molecule has 2 rings (SSSR count). The number of hydrogen-bond acceptors (Lipinski definition) is 3. The number of amides is 2. The number of benzene rings is 2. The molecule has 0 aromatic heterocycles. The lowest BCUT2D eigenvalue weighted by Crippen LogP contribution is -2.47. The molecule has 7 heteroatoms. The molecule has 2 aromatic rings. The summed E-state index contributed by atoms with van der Waals surface area (Å²) in [7, 11) is 0. The molecule has 0 aliphatic carbocycles. The number of rotatable bonds is 7. The molecule has 2 amide bonds. The molecule has 27 heavy (non-hydrogen) atoms. The minimum atomic E-state index is -1.26. The van der Waals surface area contributed by atoms with Gasteiger partial charge < -0.3 is 15.7 Å². The molecular weight excluding hydrogens is 351 g/mol. The molecule has 0 aliphatic heterocycles. The van der Waals surface area contributed by atoms with E-state index in [0.29, 0.717) is 12.0 Å². The van der Waals surface area contributed by atoms with Crippen LogP contribution in [0.1, 0.15) is 41.0 Å². The number of anilines is 1. The van der Waals surface area contributed by atoms with Crippen LogP contribution < -0.4 is 10.6 Å². The fraction of sp³-hybridized carbons (Fsp3) is 0.250. The Morgan fingerprint density at radius 1 is 1.07 bits per heavy atom. The van der Waals surface area contributed by atoms with Gasteiger partial charge in [-0.15, -0.1) is 0 Å². The first kappa shape index (κ1) is 20.1. The minimum absolute atomic E-state index is 0.146. The van der Waals surface area contributed by atoms with Gasteiger partial charge in [0.25, 0.3) is 5.91 Å². The number of carboxylic acid groups (broad SMARTS) is 1. The molecule has 2 unspecified atom stereocenters. The summed E-state index contributed by atoms with van der Waals surface area (Å²) in [6.07, 6.45) is 0.619. The molecular formula is C20H21FN2O4. The average Bonchev–Trinajstić information content (AvgIpc) is 2.67. The predicted octanol–water partition coefficient (Wildman–Crippen LogP) is 3.31. The summed E-state index contributed by atoms with van der Waals surface area (Å²) in [4.78, 5) is 35.9. The van der Waals surface area contributed by atoms with Crippen LogP contribution in [0.25, 0.3) is 0 Å². The lowest BCUT2D eigenvalue weighted by Gasteiger charge is -2.23. The van der Waals surface area contributed by atoms with Gasteiger partial charge in [-0.25, -0.2) is 9.18 Å². The van der Waals surface area contributed by atoms with Crippen molar-refractivity contribution in [3.8, 4) is 0 Å². The van der Waals surface area contributed by atoms with Gasteiger partial charge in [-0.3, -0.25) is 9.59 Å². The molecule has 6 nitrogen and oxygen atoms in total. The lowest BCUT2D eigenvalue weighted by atomic mass is 9.97. The van der Waals surface area contributed by atoms with E-state index in [4.69, 9.17) is 5.11 Å². The molecule has 0 saturated heterocycles. The zero-order chi connectivity index (χ0) is 20.0. The normalized spacial score (nSPS) is 12.7. The number of halogens is 1. The Morgan fingerprint density at radius 2 is 1.74 bits per heavy atom. The van der Waals surface area contributed by atoms with Gasteiger partial charge in [-0.1, -0.05) is 38.5 Å². The Hall–Kier alpha value is -3.22. The third-order valence-electron chi connectivity index (χ3n) is 4.29. The van der Waals surface area contributed by atoms with Crippen LogP contribution in [0.4, 0.5) is 10.1 Å². The summed E-state index contributed by atoms with van der Waals surface area (Å²) >= 11 is 0. The maximum Gasteiger partial charge on any atom is 0.335 e. The summed E-state index contributed by atoms with van der Waals surface area (Å²) in [5.41, 5.74) is 0.0456. The Labute approximate surface area is 156 Å². The van der Waals surface area contributed by atoms with Crippen molar-refractivity contribution in [1.82, 2.24) is 5.32 Å². The van der Waals surface area contributed by atoms with Gasteiger partial charge in [0.1, 0.15) is 11.9 Å². The number of carbonyl (C=O) groups is 3. The van der Waals surface area contributed by atoms with Gasteiger partial charge in [0.15, 0.2) is 0 Å². The van der Waals surface area contributed by atoms with Crippen molar-refractivity contribution in [2.24, 2.45) is 5.92 Å². The van der Waals surface area contributed by atoms with Gasteiger partial charge in [0, 0.05) is 5.56 Å². The van der Waals surface area contributed by atoms with E-state index < -0.39 is 29.6 Å². The molecule has 3 N–H and O–H groups in total. The van der Waals surface area contributed by atoms with Gasteiger partial charge in [-0.05, 0) is 36.2 Å². The second-order valence-corrected chi connectivity index (χ2v) is 6.19. The Kier molecular flexibility index (Phi) is 6.65. The van der Waals surface area contributed by atoms with E-state index >= 15 is 0 Å². The summed E-state index contributed by atoms with van der Waals surface area (Å²) < 4.78 is 14.1. The third kappa shape index (κ3) is 5.13. The van der Waals surface area contributed by atoms with Gasteiger partial charge in [-0.2, -0.15) is 0 Å². The van der Waals surface area contributed by atoms with Crippen molar-refractivity contribution in [1.29, 1.82) is 0 Å². The quantitative estimate of drug-likeness (QED) is 0.695. The van der Waals surface area contributed by atoms with E-state index in [1.165, 1.54) is 12.1 Å². The Bertz CT molecular complexity index is 839. The Balaban J connectivity index is 2.18. The van der Waals surface area contributed by atoms with Crippen molar-refractivity contribution >= 4 is 23.5 Å². The molecule has 142 valence electrons. The predicted molar refractivity (Wildman–Crippen MR) is 99.1 cm³/mol. The van der Waals surface area contributed by atoms with E-state index in [9.17, 15) is 18.8 Å². The van der Waals surface area contributed by atoms with Crippen molar-refractivity contribution in [2.45, 2.75) is 26.3 Å². The molecule has 0 bridgehead atoms. The fourth-order valence-electron chi connectivity index (χ4n) is 2.48. The molecule has 0 saturated carbocycles. The second kappa shape index (κ2) is 8.93. The van der Waals surface area contributed by atoms with Crippen LogP contribution in [0, 0.1) is 11.7 Å². The number of carboxylic acids is 1. The van der Waals surface area contributed by atoms with Crippen LogP contribution >= 0.6 is 0 Å².